The highest BCUT2D eigenvalue weighted by molar-refractivity contribution is 6.10. The van der Waals surface area contributed by atoms with Gasteiger partial charge in [0, 0.05) is 29.6 Å². The third-order valence-electron chi connectivity index (χ3n) is 5.88. The van der Waals surface area contributed by atoms with Gasteiger partial charge in [-0.2, -0.15) is 0 Å². The summed E-state index contributed by atoms with van der Waals surface area (Å²) in [7, 11) is 2.37. The van der Waals surface area contributed by atoms with Crippen LogP contribution in [-0.4, -0.2) is 50.1 Å². The summed E-state index contributed by atoms with van der Waals surface area (Å²) in [4.78, 5) is 28.9. The number of furan rings is 1. The lowest BCUT2D eigenvalue weighted by molar-refractivity contribution is -0.115. The molecule has 11 heteroatoms. The predicted octanol–water partition coefficient (Wildman–Crippen LogP) is 3.21. The van der Waals surface area contributed by atoms with E-state index in [0.717, 1.165) is 6.07 Å². The summed E-state index contributed by atoms with van der Waals surface area (Å²) in [5, 5.41) is 3.65. The smallest absolute Gasteiger partial charge is 0.244 e. The largest absolute Gasteiger partial charge is 0.494 e. The molecule has 0 radical (unpaired) electrons. The second-order valence-electron chi connectivity index (χ2n) is 7.94. The first-order chi connectivity index (χ1) is 16.7. The summed E-state index contributed by atoms with van der Waals surface area (Å²) in [5.41, 5.74) is 5.06. The van der Waals surface area contributed by atoms with Crippen molar-refractivity contribution in [2.24, 2.45) is 11.7 Å². The Kier molecular flexibility index (Phi) is 6.70. The highest BCUT2D eigenvalue weighted by Gasteiger charge is 2.31. The highest BCUT2D eigenvalue weighted by Crippen LogP contribution is 2.34. The first kappa shape index (κ1) is 24.1. The van der Waals surface area contributed by atoms with Crippen molar-refractivity contribution in [3.05, 3.63) is 59.5 Å². The number of rotatable bonds is 8. The summed E-state index contributed by atoms with van der Waals surface area (Å²) in [6.45, 7) is 4.56. The fourth-order valence-electron chi connectivity index (χ4n) is 4.01. The lowest BCUT2D eigenvalue weighted by atomic mass is 9.87. The molecule has 2 aromatic heterocycles. The number of fused-ring (bicyclic) bond motifs is 1. The Balaban J connectivity index is 1.64. The Morgan fingerprint density at radius 2 is 1.86 bits per heavy atom. The number of ether oxygens (including phenoxy) is 3. The number of carbonyl (C=O) groups excluding carboxylic acids is 2. The van der Waals surface area contributed by atoms with Crippen LogP contribution < -0.4 is 20.5 Å². The summed E-state index contributed by atoms with van der Waals surface area (Å²) < 4.78 is 50.3. The molecule has 2 atom stereocenters. The molecule has 9 nitrogen and oxygen atoms in total. The Morgan fingerprint density at radius 3 is 2.49 bits per heavy atom. The summed E-state index contributed by atoms with van der Waals surface area (Å²) >= 11 is 0. The van der Waals surface area contributed by atoms with E-state index in [1.807, 2.05) is 0 Å². The predicted molar refractivity (Wildman–Crippen MR) is 122 cm³/mol. The van der Waals surface area contributed by atoms with E-state index in [1.54, 1.807) is 6.07 Å². The standard InChI is InChI=1S/C24H23F2N3O6/c1-11(24(27)31)13-4-5-34-10-14(13)29-19-7-12-6-17(35-18(12)9-28-19)23(30)20-21(25)15(32-2)8-16(33-3)22(20)26/h6-9,13-14H,1,4-5,10H2,2-3H3,(H2,27,31)(H,28,29)/t13-,14+/m0/s1. The average Bonchev–Trinajstić information content (AvgIpc) is 3.27. The van der Waals surface area contributed by atoms with Crippen LogP contribution >= 0.6 is 0 Å². The average molecular weight is 487 g/mol. The Labute approximate surface area is 198 Å². The van der Waals surface area contributed by atoms with Crippen molar-refractivity contribution in [2.45, 2.75) is 12.5 Å². The van der Waals surface area contributed by atoms with Crippen molar-refractivity contribution < 1.29 is 37.0 Å². The zero-order chi connectivity index (χ0) is 25.3. The number of benzene rings is 1. The number of hydrogen-bond donors (Lipinski definition) is 2. The molecule has 1 aliphatic rings. The molecular formula is C24H23F2N3O6. The number of pyridine rings is 1. The Bertz CT molecular complexity index is 1290. The molecule has 3 N–H and O–H groups in total. The van der Waals surface area contributed by atoms with Crippen molar-refractivity contribution in [3.8, 4) is 11.5 Å². The van der Waals surface area contributed by atoms with Gasteiger partial charge in [0.1, 0.15) is 11.4 Å². The van der Waals surface area contributed by atoms with Crippen molar-refractivity contribution in [3.63, 3.8) is 0 Å². The highest BCUT2D eigenvalue weighted by atomic mass is 19.1. The molecule has 1 saturated heterocycles. The zero-order valence-electron chi connectivity index (χ0n) is 19.0. The van der Waals surface area contributed by atoms with Gasteiger partial charge in [-0.3, -0.25) is 9.59 Å². The SMILES string of the molecule is C=C(C(N)=O)[C@@H]1CCOC[C@H]1Nc1cc2cc(C(=O)c3c(F)c(OC)cc(OC)c3F)oc2cn1. The monoisotopic (exact) mass is 487 g/mol. The molecule has 1 fully saturated rings. The number of methoxy groups -OCH3 is 2. The van der Waals surface area contributed by atoms with Gasteiger partial charge >= 0.3 is 0 Å². The fraction of sp³-hybridized carbons (Fsp3) is 0.292. The van der Waals surface area contributed by atoms with Crippen LogP contribution in [0.1, 0.15) is 22.5 Å². The molecule has 0 aliphatic carbocycles. The number of hydrogen-bond acceptors (Lipinski definition) is 8. The lowest BCUT2D eigenvalue weighted by Crippen LogP contribution is -2.41. The molecule has 1 aromatic carbocycles. The molecule has 0 bridgehead atoms. The number of nitrogens with two attached hydrogens (primary N) is 1. The van der Waals surface area contributed by atoms with Gasteiger partial charge in [0.15, 0.2) is 34.5 Å². The fourth-order valence-corrected chi connectivity index (χ4v) is 4.01. The van der Waals surface area contributed by atoms with Crippen molar-refractivity contribution in [1.82, 2.24) is 4.98 Å². The summed E-state index contributed by atoms with van der Waals surface area (Å²) in [6.07, 6.45) is 1.93. The Morgan fingerprint density at radius 1 is 1.17 bits per heavy atom. The maximum absolute atomic E-state index is 14.8. The van der Waals surface area contributed by atoms with Gasteiger partial charge in [-0.25, -0.2) is 13.8 Å². The molecule has 1 aliphatic heterocycles. The van der Waals surface area contributed by atoms with Crippen molar-refractivity contribution >= 4 is 28.5 Å². The molecule has 184 valence electrons. The molecule has 3 heterocycles. The van der Waals surface area contributed by atoms with Gasteiger partial charge in [0.2, 0.25) is 11.7 Å². The second kappa shape index (κ2) is 9.71. The number of aromatic nitrogens is 1. The van der Waals surface area contributed by atoms with E-state index in [2.05, 4.69) is 16.9 Å². The van der Waals surface area contributed by atoms with Crippen LogP contribution in [0, 0.1) is 17.6 Å². The maximum Gasteiger partial charge on any atom is 0.244 e. The first-order valence-electron chi connectivity index (χ1n) is 10.6. The van der Waals surface area contributed by atoms with Crippen LogP contribution in [0.2, 0.25) is 0 Å². The third kappa shape index (κ3) is 4.54. The minimum atomic E-state index is -1.17. The number of amides is 1. The normalized spacial score (nSPS) is 17.7. The van der Waals surface area contributed by atoms with Crippen LogP contribution in [0.4, 0.5) is 14.6 Å². The molecular weight excluding hydrogens is 464 g/mol. The van der Waals surface area contributed by atoms with Gasteiger partial charge in [-0.15, -0.1) is 0 Å². The number of ketones is 1. The zero-order valence-corrected chi connectivity index (χ0v) is 19.0. The molecule has 0 spiro atoms. The molecule has 0 unspecified atom stereocenters. The van der Waals surface area contributed by atoms with Gasteiger partial charge in [-0.05, 0) is 18.6 Å². The minimum Gasteiger partial charge on any atom is -0.494 e. The third-order valence-corrected chi connectivity index (χ3v) is 5.88. The van der Waals surface area contributed by atoms with Gasteiger partial charge in [0.25, 0.3) is 0 Å². The van der Waals surface area contributed by atoms with Crippen molar-refractivity contribution in [1.29, 1.82) is 0 Å². The van der Waals surface area contributed by atoms with Gasteiger partial charge in [0.05, 0.1) is 33.1 Å². The quantitative estimate of drug-likeness (QED) is 0.367. The number of carbonyl (C=O) groups is 2. The van der Waals surface area contributed by atoms with Crippen LogP contribution in [0.3, 0.4) is 0 Å². The van der Waals surface area contributed by atoms with E-state index < -0.39 is 28.9 Å². The van der Waals surface area contributed by atoms with E-state index in [4.69, 9.17) is 24.4 Å². The number of primary amides is 1. The molecule has 4 rings (SSSR count). The topological polar surface area (TPSA) is 126 Å². The lowest BCUT2D eigenvalue weighted by Gasteiger charge is -2.32. The van der Waals surface area contributed by atoms with E-state index in [9.17, 15) is 18.4 Å². The Hall–Kier alpha value is -3.99. The van der Waals surface area contributed by atoms with Crippen LogP contribution in [0.25, 0.3) is 11.0 Å². The number of nitrogens with zero attached hydrogens (tertiary/aromatic N) is 1. The number of anilines is 1. The summed E-state index contributed by atoms with van der Waals surface area (Å²) in [6, 6.07) is 3.66. The van der Waals surface area contributed by atoms with Crippen LogP contribution in [0.5, 0.6) is 11.5 Å². The first-order valence-corrected chi connectivity index (χ1v) is 10.6. The van der Waals surface area contributed by atoms with Crippen molar-refractivity contribution in [2.75, 3.05) is 32.8 Å². The maximum atomic E-state index is 14.8. The number of halogens is 2. The van der Waals surface area contributed by atoms with E-state index >= 15 is 0 Å². The van der Waals surface area contributed by atoms with Crippen LogP contribution in [-0.2, 0) is 9.53 Å². The minimum absolute atomic E-state index is 0.229. The molecule has 3 aromatic rings. The molecule has 1 amide bonds. The second-order valence-corrected chi connectivity index (χ2v) is 7.94. The van der Waals surface area contributed by atoms with Gasteiger partial charge in [-0.1, -0.05) is 6.58 Å². The van der Waals surface area contributed by atoms with E-state index in [-0.39, 0.29) is 34.8 Å². The van der Waals surface area contributed by atoms with Crippen LogP contribution in [0.15, 0.2) is 41.0 Å². The summed E-state index contributed by atoms with van der Waals surface area (Å²) in [5.74, 6) is -4.78. The van der Waals surface area contributed by atoms with E-state index in [0.29, 0.717) is 36.4 Å². The number of nitrogens with one attached hydrogen (secondary N) is 1. The molecule has 35 heavy (non-hydrogen) atoms. The van der Waals surface area contributed by atoms with Gasteiger partial charge < -0.3 is 29.7 Å². The molecule has 0 saturated carbocycles. The van der Waals surface area contributed by atoms with E-state index in [1.165, 1.54) is 26.5 Å².